The van der Waals surface area contributed by atoms with Crippen molar-refractivity contribution in [3.63, 3.8) is 0 Å². The molecule has 2 aromatic carbocycles. The van der Waals surface area contributed by atoms with Crippen molar-refractivity contribution < 1.29 is 18.7 Å². The smallest absolute Gasteiger partial charge is 0.274 e. The van der Waals surface area contributed by atoms with Crippen molar-refractivity contribution in [2.75, 3.05) is 23.9 Å². The number of rotatable bonds is 5. The summed E-state index contributed by atoms with van der Waals surface area (Å²) in [5.41, 5.74) is 2.01. The highest BCUT2D eigenvalue weighted by Crippen LogP contribution is 2.34. The molecule has 7 nitrogen and oxygen atoms in total. The summed E-state index contributed by atoms with van der Waals surface area (Å²) < 4.78 is 20.5. The first-order chi connectivity index (χ1) is 14.5. The van der Waals surface area contributed by atoms with Gasteiger partial charge < -0.3 is 19.9 Å². The zero-order chi connectivity index (χ0) is 21.3. The number of hydrogen-bond acceptors (Lipinski definition) is 4. The number of amides is 2. The molecule has 1 fully saturated rings. The van der Waals surface area contributed by atoms with E-state index in [0.29, 0.717) is 40.5 Å². The molecule has 0 saturated carbocycles. The molecule has 1 saturated heterocycles. The number of nitrogens with one attached hydrogen (secondary N) is 2. The molecule has 1 aliphatic heterocycles. The quantitative estimate of drug-likeness (QED) is 0.603. The van der Waals surface area contributed by atoms with Gasteiger partial charge in [0.25, 0.3) is 5.91 Å². The summed E-state index contributed by atoms with van der Waals surface area (Å²) >= 11 is 5.28. The number of hydrogen-bond donors (Lipinski definition) is 2. The molecule has 2 amide bonds. The largest absolute Gasteiger partial charge is 0.494 e. The average Bonchev–Trinajstić information content (AvgIpc) is 3.34. The normalized spacial score (nSPS) is 13.5. The molecule has 0 atom stereocenters. The first-order valence-corrected chi connectivity index (χ1v) is 9.75. The van der Waals surface area contributed by atoms with Crippen molar-refractivity contribution in [1.29, 1.82) is 0 Å². The molecule has 0 spiro atoms. The van der Waals surface area contributed by atoms with Crippen molar-refractivity contribution in [2.24, 2.45) is 0 Å². The van der Waals surface area contributed by atoms with Crippen LogP contribution in [0.5, 0.6) is 5.75 Å². The second-order valence-electron chi connectivity index (χ2n) is 6.78. The molecule has 30 heavy (non-hydrogen) atoms. The van der Waals surface area contributed by atoms with E-state index >= 15 is 0 Å². The molecule has 0 aliphatic carbocycles. The Balaban J connectivity index is 1.61. The molecule has 2 N–H and O–H groups in total. The van der Waals surface area contributed by atoms with E-state index < -0.39 is 5.91 Å². The van der Waals surface area contributed by atoms with Crippen LogP contribution in [0.4, 0.5) is 15.8 Å². The zero-order valence-corrected chi connectivity index (χ0v) is 17.0. The summed E-state index contributed by atoms with van der Waals surface area (Å²) in [6, 6.07) is 10.8. The number of anilines is 2. The number of ether oxygens (including phenoxy) is 1. The van der Waals surface area contributed by atoms with Gasteiger partial charge in [0.15, 0.2) is 4.77 Å². The highest BCUT2D eigenvalue weighted by Gasteiger charge is 2.25. The van der Waals surface area contributed by atoms with Crippen LogP contribution < -0.4 is 15.0 Å². The van der Waals surface area contributed by atoms with E-state index in [1.807, 2.05) is 0 Å². The Labute approximate surface area is 177 Å². The first kappa shape index (κ1) is 19.8. The Bertz CT molecular complexity index is 1170. The van der Waals surface area contributed by atoms with Crippen LogP contribution in [0.3, 0.4) is 0 Å². The molecular weight excluding hydrogens is 407 g/mol. The fraction of sp³-hybridized carbons (Fsp3) is 0.190. The molecule has 3 aromatic rings. The van der Waals surface area contributed by atoms with Crippen molar-refractivity contribution in [3.8, 4) is 11.4 Å². The summed E-state index contributed by atoms with van der Waals surface area (Å²) in [4.78, 5) is 29.5. The lowest BCUT2D eigenvalue weighted by molar-refractivity contribution is -0.117. The lowest BCUT2D eigenvalue weighted by atomic mass is 10.2. The van der Waals surface area contributed by atoms with Gasteiger partial charge in [-0.25, -0.2) is 4.39 Å². The fourth-order valence-corrected chi connectivity index (χ4v) is 3.72. The number of imidazole rings is 1. The number of carbonyl (C=O) groups is 2. The Morgan fingerprint density at radius 2 is 2.00 bits per heavy atom. The third-order valence-electron chi connectivity index (χ3n) is 4.90. The minimum atomic E-state index is -0.404. The standard InChI is InChI=1S/C21H19FN4O3S/c1-29-18-11-14(6-9-16(18)25-10-2-3-19(25)27)24-20(28)17-12-23-21(30)26(17)15-7-4-13(22)5-8-15/h4-9,11-12H,2-3,10H2,1H3,(H,23,30)(H,24,28). The van der Waals surface area contributed by atoms with Crippen molar-refractivity contribution >= 4 is 35.4 Å². The molecule has 2 heterocycles. The maximum Gasteiger partial charge on any atom is 0.274 e. The number of aromatic amines is 1. The predicted octanol–water partition coefficient (Wildman–Crippen LogP) is 4.06. The summed E-state index contributed by atoms with van der Waals surface area (Å²) in [6.07, 6.45) is 2.82. The Hall–Kier alpha value is -3.46. The van der Waals surface area contributed by atoms with E-state index in [1.165, 1.54) is 30.0 Å². The van der Waals surface area contributed by atoms with E-state index in [0.717, 1.165) is 6.42 Å². The highest BCUT2D eigenvalue weighted by atomic mass is 32.1. The molecule has 154 valence electrons. The first-order valence-electron chi connectivity index (χ1n) is 9.34. The van der Waals surface area contributed by atoms with Gasteiger partial charge in [-0.05, 0) is 55.0 Å². The van der Waals surface area contributed by atoms with E-state index in [1.54, 1.807) is 35.2 Å². The van der Waals surface area contributed by atoms with E-state index in [4.69, 9.17) is 17.0 Å². The Morgan fingerprint density at radius 1 is 1.23 bits per heavy atom. The van der Waals surface area contributed by atoms with Crippen molar-refractivity contribution in [2.45, 2.75) is 12.8 Å². The number of halogens is 1. The molecule has 0 radical (unpaired) electrons. The van der Waals surface area contributed by atoms with Gasteiger partial charge in [0.2, 0.25) is 5.91 Å². The average molecular weight is 426 g/mol. The second-order valence-corrected chi connectivity index (χ2v) is 7.17. The predicted molar refractivity (Wildman–Crippen MR) is 113 cm³/mol. The molecule has 9 heteroatoms. The van der Waals surface area contributed by atoms with Crippen LogP contribution in [-0.4, -0.2) is 35.0 Å². The lowest BCUT2D eigenvalue weighted by Crippen LogP contribution is -2.24. The highest BCUT2D eigenvalue weighted by molar-refractivity contribution is 7.71. The summed E-state index contributed by atoms with van der Waals surface area (Å²) in [6.45, 7) is 0.642. The van der Waals surface area contributed by atoms with E-state index in [9.17, 15) is 14.0 Å². The molecule has 4 rings (SSSR count). The van der Waals surface area contributed by atoms with Gasteiger partial charge in [-0.15, -0.1) is 0 Å². The van der Waals surface area contributed by atoms with Crippen LogP contribution in [0.1, 0.15) is 23.3 Å². The number of methoxy groups -OCH3 is 1. The van der Waals surface area contributed by atoms with Gasteiger partial charge >= 0.3 is 0 Å². The van der Waals surface area contributed by atoms with Crippen LogP contribution in [0.25, 0.3) is 5.69 Å². The van der Waals surface area contributed by atoms with Crippen molar-refractivity contribution in [3.05, 3.63) is 64.9 Å². The SMILES string of the molecule is COc1cc(NC(=O)c2c[nH]c(=S)n2-c2ccc(F)cc2)ccc1N1CCCC1=O. The summed E-state index contributed by atoms with van der Waals surface area (Å²) in [7, 11) is 1.52. The third kappa shape index (κ3) is 3.71. The van der Waals surface area contributed by atoms with E-state index in [2.05, 4.69) is 10.3 Å². The van der Waals surface area contributed by atoms with Gasteiger partial charge in [-0.3, -0.25) is 14.2 Å². The minimum Gasteiger partial charge on any atom is -0.494 e. The topological polar surface area (TPSA) is 79.4 Å². The van der Waals surface area contributed by atoms with Crippen LogP contribution in [-0.2, 0) is 4.79 Å². The second kappa shape index (κ2) is 8.11. The van der Waals surface area contributed by atoms with Crippen LogP contribution >= 0.6 is 12.2 Å². The van der Waals surface area contributed by atoms with Crippen molar-refractivity contribution in [1.82, 2.24) is 9.55 Å². The molecule has 0 bridgehead atoms. The molecule has 0 unspecified atom stereocenters. The zero-order valence-electron chi connectivity index (χ0n) is 16.1. The van der Waals surface area contributed by atoms with Gasteiger partial charge in [-0.2, -0.15) is 0 Å². The van der Waals surface area contributed by atoms with Gasteiger partial charge in [0.1, 0.15) is 17.3 Å². The van der Waals surface area contributed by atoms with Crippen LogP contribution in [0.15, 0.2) is 48.7 Å². The number of carbonyl (C=O) groups excluding carboxylic acids is 2. The molecular formula is C21H19FN4O3S. The maximum absolute atomic E-state index is 13.3. The molecule has 1 aliphatic rings. The number of nitrogens with zero attached hydrogens (tertiary/aromatic N) is 2. The lowest BCUT2D eigenvalue weighted by Gasteiger charge is -2.19. The number of H-pyrrole nitrogens is 1. The molecule has 1 aromatic heterocycles. The van der Waals surface area contributed by atoms with Gasteiger partial charge in [0.05, 0.1) is 12.8 Å². The number of benzene rings is 2. The van der Waals surface area contributed by atoms with Crippen LogP contribution in [0, 0.1) is 10.6 Å². The maximum atomic E-state index is 13.3. The third-order valence-corrected chi connectivity index (χ3v) is 5.20. The number of aromatic nitrogens is 2. The van der Waals surface area contributed by atoms with Gasteiger partial charge in [-0.1, -0.05) is 0 Å². The summed E-state index contributed by atoms with van der Waals surface area (Å²) in [5, 5.41) is 2.81. The monoisotopic (exact) mass is 426 g/mol. The van der Waals surface area contributed by atoms with E-state index in [-0.39, 0.29) is 17.4 Å². The Morgan fingerprint density at radius 3 is 2.67 bits per heavy atom. The Kier molecular flexibility index (Phi) is 5.37. The summed E-state index contributed by atoms with van der Waals surface area (Å²) in [5.74, 6) is -0.239. The fourth-order valence-electron chi connectivity index (χ4n) is 3.46. The minimum absolute atomic E-state index is 0.0516. The van der Waals surface area contributed by atoms with Crippen LogP contribution in [0.2, 0.25) is 0 Å². The van der Waals surface area contributed by atoms with Gasteiger partial charge in [0, 0.05) is 36.6 Å².